The van der Waals surface area contributed by atoms with Gasteiger partial charge in [-0.25, -0.2) is 0 Å². The van der Waals surface area contributed by atoms with E-state index < -0.39 is 0 Å². The third-order valence-corrected chi connectivity index (χ3v) is 5.68. The summed E-state index contributed by atoms with van der Waals surface area (Å²) in [5.74, 6) is 1.29. The molecule has 1 nitrogen and oxygen atoms in total. The Kier molecular flexibility index (Phi) is 7.53. The van der Waals surface area contributed by atoms with Crippen molar-refractivity contribution < 1.29 is 0 Å². The van der Waals surface area contributed by atoms with Crippen LogP contribution in [0.5, 0.6) is 0 Å². The van der Waals surface area contributed by atoms with Gasteiger partial charge in [-0.15, -0.1) is 0 Å². The number of hydrogen-bond donors (Lipinski definition) is 1. The Morgan fingerprint density at radius 1 is 1.20 bits per heavy atom. The minimum atomic E-state index is 0.681. The fourth-order valence-electron chi connectivity index (χ4n) is 2.89. The van der Waals surface area contributed by atoms with Gasteiger partial charge in [-0.3, -0.25) is 0 Å². The summed E-state index contributed by atoms with van der Waals surface area (Å²) >= 11 is 2.22. The highest BCUT2D eigenvalue weighted by Gasteiger charge is 2.17. The van der Waals surface area contributed by atoms with Crippen LogP contribution in [0.2, 0.25) is 0 Å². The van der Waals surface area contributed by atoms with E-state index in [1.54, 1.807) is 0 Å². The van der Waals surface area contributed by atoms with E-state index in [0.717, 1.165) is 11.8 Å². The summed E-state index contributed by atoms with van der Waals surface area (Å²) in [5, 5.41) is 4.69. The van der Waals surface area contributed by atoms with Gasteiger partial charge in [0.05, 0.1) is 0 Å². The van der Waals surface area contributed by atoms with Crippen LogP contribution in [-0.2, 0) is 6.42 Å². The lowest BCUT2D eigenvalue weighted by Crippen LogP contribution is -2.33. The summed E-state index contributed by atoms with van der Waals surface area (Å²) < 4.78 is 0. The lowest BCUT2D eigenvalue weighted by atomic mass is 10.1. The minimum Gasteiger partial charge on any atom is -0.313 e. The van der Waals surface area contributed by atoms with Crippen molar-refractivity contribution in [2.24, 2.45) is 0 Å². The van der Waals surface area contributed by atoms with E-state index in [-0.39, 0.29) is 0 Å². The monoisotopic (exact) mass is 291 g/mol. The summed E-state index contributed by atoms with van der Waals surface area (Å²) in [4.78, 5) is 0. The molecule has 1 atom stereocenters. The summed E-state index contributed by atoms with van der Waals surface area (Å²) in [6, 6.07) is 11.6. The first kappa shape index (κ1) is 15.9. The zero-order chi connectivity index (χ0) is 14.0. The second-order valence-electron chi connectivity index (χ2n) is 5.92. The van der Waals surface area contributed by atoms with Crippen molar-refractivity contribution >= 4 is 11.8 Å². The van der Waals surface area contributed by atoms with Crippen LogP contribution in [0.1, 0.15) is 51.0 Å². The molecule has 1 aromatic rings. The molecular formula is C18H29NS. The fraction of sp³-hybridized carbons (Fsp3) is 0.667. The molecule has 0 heterocycles. The first-order chi connectivity index (χ1) is 9.88. The maximum absolute atomic E-state index is 3.74. The lowest BCUT2D eigenvalue weighted by molar-refractivity contribution is 0.519. The molecule has 1 aromatic carbocycles. The van der Waals surface area contributed by atoms with Crippen molar-refractivity contribution in [2.45, 2.75) is 63.2 Å². The average Bonchev–Trinajstić information content (AvgIpc) is 3.01. The first-order valence-electron chi connectivity index (χ1n) is 8.27. The summed E-state index contributed by atoms with van der Waals surface area (Å²) in [6.45, 7) is 3.41. The van der Waals surface area contributed by atoms with Gasteiger partial charge in [0.2, 0.25) is 0 Å². The molecule has 20 heavy (non-hydrogen) atoms. The standard InChI is InChI=1S/C18H29NS/c1-2-14-19-17(15-20-18-10-6-7-11-18)13-12-16-8-4-3-5-9-16/h3-5,8-9,17-19H,2,6-7,10-15H2,1H3. The number of thioether (sulfide) groups is 1. The van der Waals surface area contributed by atoms with Crippen LogP contribution >= 0.6 is 11.8 Å². The van der Waals surface area contributed by atoms with Gasteiger partial charge in [0, 0.05) is 17.0 Å². The SMILES string of the molecule is CCCNC(CCc1ccccc1)CSC1CCCC1. The highest BCUT2D eigenvalue weighted by molar-refractivity contribution is 7.99. The molecular weight excluding hydrogens is 262 g/mol. The van der Waals surface area contributed by atoms with Gasteiger partial charge in [0.25, 0.3) is 0 Å². The molecule has 0 saturated heterocycles. The number of rotatable bonds is 9. The third-order valence-electron chi connectivity index (χ3n) is 4.14. The Labute approximate surface area is 128 Å². The Morgan fingerprint density at radius 3 is 2.65 bits per heavy atom. The maximum atomic E-state index is 3.74. The minimum absolute atomic E-state index is 0.681. The summed E-state index contributed by atoms with van der Waals surface area (Å²) in [5.41, 5.74) is 1.47. The van der Waals surface area contributed by atoms with E-state index in [4.69, 9.17) is 0 Å². The average molecular weight is 292 g/mol. The molecule has 1 saturated carbocycles. The predicted molar refractivity (Wildman–Crippen MR) is 91.6 cm³/mol. The molecule has 1 N–H and O–H groups in total. The van der Waals surface area contributed by atoms with E-state index >= 15 is 0 Å². The van der Waals surface area contributed by atoms with Crippen molar-refractivity contribution in [1.82, 2.24) is 5.32 Å². The molecule has 112 valence electrons. The lowest BCUT2D eigenvalue weighted by Gasteiger charge is -2.20. The molecule has 0 amide bonds. The van der Waals surface area contributed by atoms with E-state index in [2.05, 4.69) is 54.3 Å². The number of nitrogens with one attached hydrogen (secondary N) is 1. The molecule has 0 aliphatic heterocycles. The highest BCUT2D eigenvalue weighted by Crippen LogP contribution is 2.30. The van der Waals surface area contributed by atoms with E-state index in [0.29, 0.717) is 6.04 Å². The van der Waals surface area contributed by atoms with Crippen molar-refractivity contribution in [3.63, 3.8) is 0 Å². The second-order valence-corrected chi connectivity index (χ2v) is 7.25. The fourth-order valence-corrected chi connectivity index (χ4v) is 4.34. The largest absolute Gasteiger partial charge is 0.313 e. The predicted octanol–water partition coefficient (Wildman–Crippen LogP) is 4.66. The van der Waals surface area contributed by atoms with Crippen LogP contribution in [0.15, 0.2) is 30.3 Å². The van der Waals surface area contributed by atoms with Gasteiger partial charge < -0.3 is 5.32 Å². The first-order valence-corrected chi connectivity index (χ1v) is 9.32. The molecule has 1 aliphatic rings. The maximum Gasteiger partial charge on any atom is 0.0161 e. The van der Waals surface area contributed by atoms with Crippen LogP contribution in [0.4, 0.5) is 0 Å². The van der Waals surface area contributed by atoms with Gasteiger partial charge >= 0.3 is 0 Å². The normalized spacial score (nSPS) is 17.4. The second kappa shape index (κ2) is 9.46. The molecule has 2 rings (SSSR count). The van der Waals surface area contributed by atoms with E-state index in [1.807, 2.05) is 0 Å². The Balaban J connectivity index is 1.73. The molecule has 1 aliphatic carbocycles. The zero-order valence-corrected chi connectivity index (χ0v) is 13.6. The van der Waals surface area contributed by atoms with E-state index in [9.17, 15) is 0 Å². The molecule has 0 bridgehead atoms. The van der Waals surface area contributed by atoms with Crippen LogP contribution in [0, 0.1) is 0 Å². The van der Waals surface area contributed by atoms with Gasteiger partial charge in [0.15, 0.2) is 0 Å². The highest BCUT2D eigenvalue weighted by atomic mass is 32.2. The van der Waals surface area contributed by atoms with Crippen LogP contribution in [-0.4, -0.2) is 23.6 Å². The van der Waals surface area contributed by atoms with Crippen molar-refractivity contribution in [1.29, 1.82) is 0 Å². The third kappa shape index (κ3) is 5.88. The smallest absolute Gasteiger partial charge is 0.0161 e. The van der Waals surface area contributed by atoms with Crippen molar-refractivity contribution in [3.05, 3.63) is 35.9 Å². The quantitative estimate of drug-likeness (QED) is 0.710. The molecule has 1 unspecified atom stereocenters. The van der Waals surface area contributed by atoms with Gasteiger partial charge in [-0.2, -0.15) is 11.8 Å². The van der Waals surface area contributed by atoms with Crippen LogP contribution in [0.25, 0.3) is 0 Å². The molecule has 1 fully saturated rings. The Hall–Kier alpha value is -0.470. The molecule has 0 radical (unpaired) electrons. The van der Waals surface area contributed by atoms with Crippen LogP contribution < -0.4 is 5.32 Å². The summed E-state index contributed by atoms with van der Waals surface area (Å²) in [7, 11) is 0. The number of benzene rings is 1. The Morgan fingerprint density at radius 2 is 1.95 bits per heavy atom. The topological polar surface area (TPSA) is 12.0 Å². The van der Waals surface area contributed by atoms with Crippen molar-refractivity contribution in [2.75, 3.05) is 12.3 Å². The van der Waals surface area contributed by atoms with Crippen molar-refractivity contribution in [3.8, 4) is 0 Å². The molecule has 0 spiro atoms. The molecule has 2 heteroatoms. The number of aryl methyl sites for hydroxylation is 1. The van der Waals surface area contributed by atoms with Gasteiger partial charge in [0.1, 0.15) is 0 Å². The van der Waals surface area contributed by atoms with Crippen LogP contribution in [0.3, 0.4) is 0 Å². The number of hydrogen-bond acceptors (Lipinski definition) is 2. The van der Waals surface area contributed by atoms with E-state index in [1.165, 1.54) is 56.3 Å². The zero-order valence-electron chi connectivity index (χ0n) is 12.8. The Bertz CT molecular complexity index is 346. The molecule has 0 aromatic heterocycles. The summed E-state index contributed by atoms with van der Waals surface area (Å²) in [6.07, 6.45) is 9.50. The van der Waals surface area contributed by atoms with Gasteiger partial charge in [-0.05, 0) is 44.2 Å². The van der Waals surface area contributed by atoms with Gasteiger partial charge in [-0.1, -0.05) is 50.1 Å².